The number of imidazole rings is 1. The second-order valence-electron chi connectivity index (χ2n) is 11.4. The highest BCUT2D eigenvalue weighted by molar-refractivity contribution is 7.18. The Morgan fingerprint density at radius 2 is 2.07 bits per heavy atom. The molecule has 1 amide bonds. The molecule has 3 unspecified atom stereocenters. The van der Waals surface area contributed by atoms with E-state index in [-0.39, 0.29) is 24.6 Å². The molecule has 42 heavy (non-hydrogen) atoms. The third-order valence-electron chi connectivity index (χ3n) is 8.53. The van der Waals surface area contributed by atoms with Crippen LogP contribution in [0.15, 0.2) is 54.9 Å². The van der Waals surface area contributed by atoms with Crippen molar-refractivity contribution in [3.8, 4) is 17.0 Å². The van der Waals surface area contributed by atoms with Gasteiger partial charge in [0.05, 0.1) is 46.5 Å². The molecule has 10 heteroatoms. The van der Waals surface area contributed by atoms with Crippen LogP contribution in [0.3, 0.4) is 0 Å². The summed E-state index contributed by atoms with van der Waals surface area (Å²) in [5.74, 6) is 0.695. The van der Waals surface area contributed by atoms with Crippen LogP contribution in [0.1, 0.15) is 53.6 Å². The van der Waals surface area contributed by atoms with Gasteiger partial charge in [-0.1, -0.05) is 43.2 Å². The maximum Gasteiger partial charge on any atom is 0.275 e. The summed E-state index contributed by atoms with van der Waals surface area (Å²) in [7, 11) is 1.62. The quantitative estimate of drug-likeness (QED) is 0.288. The zero-order chi connectivity index (χ0) is 29.1. The number of nitrogens with zero attached hydrogens (tertiary/aromatic N) is 4. The number of nitrogens with one attached hydrogen (secondary N) is 1. The van der Waals surface area contributed by atoms with Crippen LogP contribution < -0.4 is 10.1 Å². The fourth-order valence-corrected chi connectivity index (χ4v) is 7.31. The van der Waals surface area contributed by atoms with Crippen LogP contribution in [0, 0.1) is 6.92 Å². The van der Waals surface area contributed by atoms with Crippen molar-refractivity contribution in [2.24, 2.45) is 0 Å². The van der Waals surface area contributed by atoms with Gasteiger partial charge in [0.25, 0.3) is 5.91 Å². The van der Waals surface area contributed by atoms with Crippen molar-refractivity contribution in [3.63, 3.8) is 0 Å². The molecule has 0 bridgehead atoms. The average molecular weight is 590 g/mol. The van der Waals surface area contributed by atoms with E-state index in [1.807, 2.05) is 58.9 Å². The molecule has 2 fully saturated rings. The van der Waals surface area contributed by atoms with Gasteiger partial charge in [-0.05, 0) is 31.9 Å². The first-order valence-corrected chi connectivity index (χ1v) is 15.6. The molecule has 0 radical (unpaired) electrons. The summed E-state index contributed by atoms with van der Waals surface area (Å²) >= 11 is 1.67. The first kappa shape index (κ1) is 28.8. The number of fused-ring (bicyclic) bond motifs is 1. The highest BCUT2D eigenvalue weighted by atomic mass is 32.1. The zero-order valence-electron chi connectivity index (χ0n) is 24.3. The van der Waals surface area contributed by atoms with Gasteiger partial charge in [-0.25, -0.2) is 9.97 Å². The summed E-state index contributed by atoms with van der Waals surface area (Å²) in [6, 6.07) is 15.7. The van der Waals surface area contributed by atoms with Crippen molar-refractivity contribution < 1.29 is 19.4 Å². The SMILES string of the molecule is COCC1(O)CCCCC1n1cnc(C(=O)N2CCNCC2CCOc2ccc3sc(C)nc3c2)c1-c1ccccc1. The number of aryl methyl sites for hydroxylation is 1. The Kier molecular flexibility index (Phi) is 8.57. The van der Waals surface area contributed by atoms with Gasteiger partial charge in [0.15, 0.2) is 5.69 Å². The van der Waals surface area contributed by atoms with E-state index in [0.717, 1.165) is 58.0 Å². The van der Waals surface area contributed by atoms with Gasteiger partial charge in [0, 0.05) is 50.8 Å². The lowest BCUT2D eigenvalue weighted by Gasteiger charge is -2.41. The molecule has 3 heterocycles. The van der Waals surface area contributed by atoms with Crippen LogP contribution >= 0.6 is 11.3 Å². The molecule has 3 atom stereocenters. The van der Waals surface area contributed by atoms with Crippen molar-refractivity contribution in [2.45, 2.75) is 56.7 Å². The fraction of sp³-hybridized carbons (Fsp3) is 0.469. The minimum Gasteiger partial charge on any atom is -0.493 e. The zero-order valence-corrected chi connectivity index (χ0v) is 25.1. The predicted molar refractivity (Wildman–Crippen MR) is 164 cm³/mol. The molecule has 1 aliphatic heterocycles. The van der Waals surface area contributed by atoms with E-state index in [9.17, 15) is 9.90 Å². The molecule has 0 spiro atoms. The fourth-order valence-electron chi connectivity index (χ4n) is 6.50. The molecule has 1 aliphatic carbocycles. The lowest BCUT2D eigenvalue weighted by Crippen LogP contribution is -2.54. The lowest BCUT2D eigenvalue weighted by molar-refractivity contribution is -0.0893. The standard InChI is InChI=1S/C32H39N5O4S/c1-22-35-26-18-25(11-12-27(26)42-22)41-17-13-24-19-33-15-16-36(24)31(38)29-30(23-8-4-3-5-9-23)37(21-34-29)28-10-6-7-14-32(28,39)20-40-2/h3-5,8-9,11-12,18,21,24,28,33,39H,6-7,10,13-17,19-20H2,1-2H3. The van der Waals surface area contributed by atoms with E-state index < -0.39 is 5.60 Å². The number of amides is 1. The molecule has 4 aromatic rings. The molecule has 2 aliphatic rings. The average Bonchev–Trinajstić information content (AvgIpc) is 3.60. The van der Waals surface area contributed by atoms with Gasteiger partial charge in [-0.2, -0.15) is 0 Å². The number of carbonyl (C=O) groups is 1. The molecule has 9 nitrogen and oxygen atoms in total. The van der Waals surface area contributed by atoms with Crippen LogP contribution in [-0.2, 0) is 4.74 Å². The molecular weight excluding hydrogens is 550 g/mol. The first-order chi connectivity index (χ1) is 20.5. The molecule has 2 N–H and O–H groups in total. The topological polar surface area (TPSA) is 102 Å². The highest BCUT2D eigenvalue weighted by Crippen LogP contribution is 2.41. The number of aromatic nitrogens is 3. The number of thiazole rings is 1. The molecule has 6 rings (SSSR count). The third kappa shape index (κ3) is 5.81. The number of carbonyl (C=O) groups excluding carboxylic acids is 1. The summed E-state index contributed by atoms with van der Waals surface area (Å²) in [5, 5.41) is 16.1. The number of hydrogen-bond donors (Lipinski definition) is 2. The molecule has 2 aromatic heterocycles. The minimum absolute atomic E-state index is 0.0367. The maximum atomic E-state index is 14.3. The van der Waals surface area contributed by atoms with Crippen LogP contribution in [0.5, 0.6) is 5.75 Å². The number of ether oxygens (including phenoxy) is 2. The Labute approximate surface area is 250 Å². The predicted octanol–water partition coefficient (Wildman–Crippen LogP) is 4.84. The molecule has 2 aromatic carbocycles. The van der Waals surface area contributed by atoms with Gasteiger partial charge < -0.3 is 29.4 Å². The third-order valence-corrected chi connectivity index (χ3v) is 9.48. The van der Waals surface area contributed by atoms with E-state index in [2.05, 4.69) is 16.4 Å². The van der Waals surface area contributed by atoms with Crippen LogP contribution in [-0.4, -0.2) is 82.0 Å². The van der Waals surface area contributed by atoms with Gasteiger partial charge in [-0.15, -0.1) is 11.3 Å². The number of piperazine rings is 1. The Morgan fingerprint density at radius 3 is 2.90 bits per heavy atom. The van der Waals surface area contributed by atoms with Crippen molar-refractivity contribution in [1.82, 2.24) is 24.8 Å². The molecule has 1 saturated heterocycles. The van der Waals surface area contributed by atoms with Crippen molar-refractivity contribution >= 4 is 27.5 Å². The Morgan fingerprint density at radius 1 is 1.21 bits per heavy atom. The van der Waals surface area contributed by atoms with Crippen LogP contribution in [0.2, 0.25) is 0 Å². The Hall–Kier alpha value is -3.31. The van der Waals surface area contributed by atoms with E-state index in [4.69, 9.17) is 14.5 Å². The Bertz CT molecular complexity index is 1520. The second kappa shape index (κ2) is 12.5. The highest BCUT2D eigenvalue weighted by Gasteiger charge is 2.42. The molecule has 1 saturated carbocycles. The van der Waals surface area contributed by atoms with E-state index in [1.165, 1.54) is 0 Å². The largest absolute Gasteiger partial charge is 0.493 e. The van der Waals surface area contributed by atoms with Gasteiger partial charge in [0.2, 0.25) is 0 Å². The van der Waals surface area contributed by atoms with Crippen LogP contribution in [0.25, 0.3) is 21.5 Å². The summed E-state index contributed by atoms with van der Waals surface area (Å²) in [4.78, 5) is 25.5. The number of methoxy groups -OCH3 is 1. The molecule has 222 valence electrons. The molecular formula is C32H39N5O4S. The monoisotopic (exact) mass is 589 g/mol. The summed E-state index contributed by atoms with van der Waals surface area (Å²) in [5.41, 5.74) is 2.01. The van der Waals surface area contributed by atoms with Crippen LogP contribution in [0.4, 0.5) is 0 Å². The normalized spacial score (nSPS) is 22.9. The maximum absolute atomic E-state index is 14.3. The second-order valence-corrected chi connectivity index (χ2v) is 12.6. The van der Waals surface area contributed by atoms with Crippen molar-refractivity contribution in [2.75, 3.05) is 40.0 Å². The summed E-state index contributed by atoms with van der Waals surface area (Å²) in [6.07, 6.45) is 5.81. The van der Waals surface area contributed by atoms with Gasteiger partial charge >= 0.3 is 0 Å². The lowest BCUT2D eigenvalue weighted by atomic mass is 9.80. The summed E-state index contributed by atoms with van der Waals surface area (Å²) < 4.78 is 14.8. The minimum atomic E-state index is -1.02. The van der Waals surface area contributed by atoms with Gasteiger partial charge in [0.1, 0.15) is 11.4 Å². The Balaban J connectivity index is 1.25. The number of hydrogen-bond acceptors (Lipinski definition) is 8. The number of rotatable bonds is 9. The van der Waals surface area contributed by atoms with E-state index >= 15 is 0 Å². The van der Waals surface area contributed by atoms with E-state index in [1.54, 1.807) is 24.8 Å². The summed E-state index contributed by atoms with van der Waals surface area (Å²) in [6.45, 7) is 4.73. The van der Waals surface area contributed by atoms with Gasteiger partial charge in [-0.3, -0.25) is 4.79 Å². The smallest absolute Gasteiger partial charge is 0.275 e. The number of benzene rings is 2. The van der Waals surface area contributed by atoms with E-state index in [0.29, 0.717) is 38.2 Å². The van der Waals surface area contributed by atoms with Crippen molar-refractivity contribution in [3.05, 3.63) is 65.6 Å². The first-order valence-electron chi connectivity index (χ1n) is 14.8. The number of aliphatic hydroxyl groups is 1. The van der Waals surface area contributed by atoms with Crippen molar-refractivity contribution in [1.29, 1.82) is 0 Å².